The zero-order valence-electron chi connectivity index (χ0n) is 18.5. The molecule has 34 heavy (non-hydrogen) atoms. The summed E-state index contributed by atoms with van der Waals surface area (Å²) in [5, 5.41) is 1.70. The van der Waals surface area contributed by atoms with E-state index in [-0.39, 0.29) is 5.56 Å². The van der Waals surface area contributed by atoms with Crippen molar-refractivity contribution in [1.82, 2.24) is 19.1 Å². The second-order valence-corrected chi connectivity index (χ2v) is 9.04. The Morgan fingerprint density at radius 3 is 2.32 bits per heavy atom. The highest BCUT2D eigenvalue weighted by Crippen LogP contribution is 2.33. The smallest absolute Gasteiger partial charge is 0.251 e. The maximum Gasteiger partial charge on any atom is 0.251 e. The van der Waals surface area contributed by atoms with Crippen molar-refractivity contribution < 1.29 is 0 Å². The van der Waals surface area contributed by atoms with Crippen molar-refractivity contribution in [2.24, 2.45) is 14.1 Å². The summed E-state index contributed by atoms with van der Waals surface area (Å²) in [5.41, 5.74) is 3.86. The van der Waals surface area contributed by atoms with Gasteiger partial charge in [0, 0.05) is 48.0 Å². The third-order valence-corrected chi connectivity index (χ3v) is 6.31. The van der Waals surface area contributed by atoms with Gasteiger partial charge in [0.1, 0.15) is 5.38 Å². The van der Waals surface area contributed by atoms with E-state index < -0.39 is 5.38 Å². The highest BCUT2D eigenvalue weighted by Gasteiger charge is 2.16. The molecular formula is C26H21Cl3N4O. The van der Waals surface area contributed by atoms with Gasteiger partial charge in [0.15, 0.2) is 0 Å². The van der Waals surface area contributed by atoms with Crippen molar-refractivity contribution in [1.29, 1.82) is 0 Å². The number of imidazole rings is 1. The van der Waals surface area contributed by atoms with Gasteiger partial charge in [-0.25, -0.2) is 4.98 Å². The molecule has 0 aliphatic rings. The monoisotopic (exact) mass is 510 g/mol. The lowest BCUT2D eigenvalue weighted by Crippen LogP contribution is -2.16. The molecule has 0 amide bonds. The number of pyridine rings is 2. The zero-order valence-corrected chi connectivity index (χ0v) is 20.8. The Morgan fingerprint density at radius 2 is 1.71 bits per heavy atom. The van der Waals surface area contributed by atoms with E-state index in [0.717, 1.165) is 27.6 Å². The zero-order chi connectivity index (χ0) is 24.2. The number of alkyl halides is 1. The molecule has 2 aromatic carbocycles. The summed E-state index contributed by atoms with van der Waals surface area (Å²) in [4.78, 5) is 20.7. The van der Waals surface area contributed by atoms with Crippen molar-refractivity contribution >= 4 is 45.7 Å². The molecule has 0 aliphatic carbocycles. The SMILES string of the molecule is Cn1c(=O)cc(-c2cccc(Cl)c2)c2cc(C(Cl)c3ccc(Cl)cc3)ncc21.Cn1ccnc1. The lowest BCUT2D eigenvalue weighted by Gasteiger charge is -2.14. The topological polar surface area (TPSA) is 52.7 Å². The predicted octanol–water partition coefficient (Wildman–Crippen LogP) is 6.66. The highest BCUT2D eigenvalue weighted by molar-refractivity contribution is 6.31. The third-order valence-electron chi connectivity index (χ3n) is 5.35. The summed E-state index contributed by atoms with van der Waals surface area (Å²) in [6, 6.07) is 18.3. The molecule has 5 rings (SSSR count). The number of hydrogen-bond acceptors (Lipinski definition) is 3. The number of halogens is 3. The van der Waals surface area contributed by atoms with Gasteiger partial charge in [-0.3, -0.25) is 9.78 Å². The van der Waals surface area contributed by atoms with Gasteiger partial charge in [0.05, 0.1) is 23.7 Å². The van der Waals surface area contributed by atoms with Crippen LogP contribution in [0.4, 0.5) is 0 Å². The lowest BCUT2D eigenvalue weighted by atomic mass is 10.00. The molecule has 1 atom stereocenters. The number of benzene rings is 2. The second kappa shape index (κ2) is 10.4. The normalized spacial score (nSPS) is 11.7. The number of aromatic nitrogens is 4. The molecule has 3 aromatic heterocycles. The lowest BCUT2D eigenvalue weighted by molar-refractivity contribution is 0.899. The Labute approximate surface area is 212 Å². The maximum atomic E-state index is 12.4. The number of rotatable bonds is 3. The summed E-state index contributed by atoms with van der Waals surface area (Å²) in [7, 11) is 3.66. The van der Waals surface area contributed by atoms with Crippen molar-refractivity contribution in [2.45, 2.75) is 5.38 Å². The summed E-state index contributed by atoms with van der Waals surface area (Å²) in [6.45, 7) is 0. The minimum atomic E-state index is -0.439. The molecule has 8 heteroatoms. The molecule has 0 fully saturated rings. The molecule has 0 saturated heterocycles. The summed E-state index contributed by atoms with van der Waals surface area (Å²) >= 11 is 18.8. The first-order valence-corrected chi connectivity index (χ1v) is 11.6. The molecule has 172 valence electrons. The van der Waals surface area contributed by atoms with Crippen molar-refractivity contribution in [3.8, 4) is 11.1 Å². The Morgan fingerprint density at radius 1 is 0.941 bits per heavy atom. The quantitative estimate of drug-likeness (QED) is 0.255. The van der Waals surface area contributed by atoms with Crippen molar-refractivity contribution in [3.63, 3.8) is 0 Å². The fourth-order valence-electron chi connectivity index (χ4n) is 3.53. The van der Waals surface area contributed by atoms with Crippen LogP contribution >= 0.6 is 34.8 Å². The van der Waals surface area contributed by atoms with E-state index in [1.165, 1.54) is 0 Å². The first-order valence-electron chi connectivity index (χ1n) is 10.4. The molecule has 3 heterocycles. The van der Waals surface area contributed by atoms with Crippen LogP contribution in [0.15, 0.2) is 90.4 Å². The molecule has 5 nitrogen and oxygen atoms in total. The van der Waals surface area contributed by atoms with Crippen LogP contribution in [0.25, 0.3) is 22.0 Å². The molecule has 5 aromatic rings. The second-order valence-electron chi connectivity index (χ2n) is 7.73. The minimum Gasteiger partial charge on any atom is -0.341 e. The fourth-order valence-corrected chi connectivity index (χ4v) is 4.11. The predicted molar refractivity (Wildman–Crippen MR) is 140 cm³/mol. The summed E-state index contributed by atoms with van der Waals surface area (Å²) in [6.07, 6.45) is 7.07. The van der Waals surface area contributed by atoms with E-state index in [0.29, 0.717) is 15.7 Å². The van der Waals surface area contributed by atoms with E-state index in [2.05, 4.69) is 9.97 Å². The van der Waals surface area contributed by atoms with Gasteiger partial charge in [-0.05, 0) is 47.0 Å². The van der Waals surface area contributed by atoms with E-state index in [9.17, 15) is 4.79 Å². The van der Waals surface area contributed by atoms with Crippen molar-refractivity contribution in [2.75, 3.05) is 0 Å². The van der Waals surface area contributed by atoms with Crippen LogP contribution in [0, 0.1) is 0 Å². The maximum absolute atomic E-state index is 12.4. The molecule has 0 N–H and O–H groups in total. The highest BCUT2D eigenvalue weighted by atomic mass is 35.5. The van der Waals surface area contributed by atoms with Crippen LogP contribution in [-0.4, -0.2) is 19.1 Å². The van der Waals surface area contributed by atoms with Crippen LogP contribution in [-0.2, 0) is 14.1 Å². The largest absolute Gasteiger partial charge is 0.341 e. The Balaban J connectivity index is 0.000000398. The van der Waals surface area contributed by atoms with Crippen LogP contribution in [0.5, 0.6) is 0 Å². The third kappa shape index (κ3) is 5.33. The Kier molecular flexibility index (Phi) is 7.37. The molecule has 1 unspecified atom stereocenters. The van der Waals surface area contributed by atoms with Crippen molar-refractivity contribution in [3.05, 3.63) is 117 Å². The van der Waals surface area contributed by atoms with Crippen LogP contribution in [0.3, 0.4) is 0 Å². The van der Waals surface area contributed by atoms with Crippen LogP contribution in [0.1, 0.15) is 16.6 Å². The number of nitrogens with zero attached hydrogens (tertiary/aromatic N) is 4. The van der Waals surface area contributed by atoms with E-state index in [4.69, 9.17) is 34.8 Å². The molecule has 0 radical (unpaired) electrons. The molecule has 0 aliphatic heterocycles. The number of aryl methyl sites for hydroxylation is 2. The number of fused-ring (bicyclic) bond motifs is 1. The fraction of sp³-hybridized carbons (Fsp3) is 0.115. The van der Waals surface area contributed by atoms with Crippen LogP contribution < -0.4 is 5.56 Å². The van der Waals surface area contributed by atoms with Gasteiger partial charge < -0.3 is 9.13 Å². The molecule has 0 bridgehead atoms. The first kappa shape index (κ1) is 24.0. The van der Waals surface area contributed by atoms with E-state index >= 15 is 0 Å². The van der Waals surface area contributed by atoms with E-state index in [1.807, 2.05) is 54.2 Å². The molecular weight excluding hydrogens is 491 g/mol. The van der Waals surface area contributed by atoms with Gasteiger partial charge in [-0.15, -0.1) is 11.6 Å². The standard InChI is InChI=1S/C22H15Cl3N2O.C4H6N2/c1-27-20-12-26-19(22(25)13-5-7-15(23)8-6-13)10-18(20)17(11-21(27)28)14-3-2-4-16(24)9-14;1-6-3-2-5-4-6/h2-12,22H,1H3;2-4H,1H3. The van der Waals surface area contributed by atoms with E-state index in [1.54, 1.807) is 54.6 Å². The Hall–Kier alpha value is -3.12. The van der Waals surface area contributed by atoms with Gasteiger partial charge >= 0.3 is 0 Å². The minimum absolute atomic E-state index is 0.114. The van der Waals surface area contributed by atoms with Crippen LogP contribution in [0.2, 0.25) is 10.0 Å². The summed E-state index contributed by atoms with van der Waals surface area (Å²) in [5.74, 6) is 0. The van der Waals surface area contributed by atoms with Gasteiger partial charge in [0.2, 0.25) is 0 Å². The van der Waals surface area contributed by atoms with Gasteiger partial charge in [-0.2, -0.15) is 0 Å². The molecule has 0 saturated carbocycles. The summed E-state index contributed by atoms with van der Waals surface area (Å²) < 4.78 is 3.46. The number of hydrogen-bond donors (Lipinski definition) is 0. The first-order chi connectivity index (χ1) is 16.3. The average molecular weight is 512 g/mol. The van der Waals surface area contributed by atoms with Gasteiger partial charge in [-0.1, -0.05) is 47.5 Å². The Bertz CT molecular complexity index is 1480. The molecule has 0 spiro atoms. The van der Waals surface area contributed by atoms with Gasteiger partial charge in [0.25, 0.3) is 5.56 Å². The average Bonchev–Trinajstić information content (AvgIpc) is 3.32.